The Morgan fingerprint density at radius 3 is 2.86 bits per heavy atom. The lowest BCUT2D eigenvalue weighted by atomic mass is 9.84. The first-order valence-corrected chi connectivity index (χ1v) is 9.50. The molecule has 0 spiro atoms. The average molecular weight is 325 g/mol. The highest BCUT2D eigenvalue weighted by Gasteiger charge is 2.53. The summed E-state index contributed by atoms with van der Waals surface area (Å²) in [4.78, 5) is 26.5. The van der Waals surface area contributed by atoms with Crippen LogP contribution in [0.25, 0.3) is 0 Å². The molecule has 3 unspecified atom stereocenters. The summed E-state index contributed by atoms with van der Waals surface area (Å²) >= 11 is 1.74. The smallest absolute Gasteiger partial charge is 0.243 e. The van der Waals surface area contributed by atoms with Crippen molar-refractivity contribution in [2.45, 2.75) is 68.8 Å². The van der Waals surface area contributed by atoms with E-state index >= 15 is 0 Å². The third-order valence-corrected chi connectivity index (χ3v) is 7.05. The van der Waals surface area contributed by atoms with Gasteiger partial charge in [-0.15, -0.1) is 11.8 Å². The summed E-state index contributed by atoms with van der Waals surface area (Å²) in [6, 6.07) is -0.259. The molecule has 3 fully saturated rings. The first kappa shape index (κ1) is 16.1. The molecule has 0 radical (unpaired) electrons. The van der Waals surface area contributed by atoms with Gasteiger partial charge in [0.05, 0.1) is 4.87 Å². The highest BCUT2D eigenvalue weighted by Crippen LogP contribution is 2.47. The standard InChI is InChI=1S/C16H27N3O2S/c1-16-8-7-14(20)19(16)13(10-22-16)15(21)18-12(9-17)11-5-3-2-4-6-11/h11-13H,2-10,17H2,1H3,(H,18,21). The molecule has 3 atom stereocenters. The third-order valence-electron chi connectivity index (χ3n) is 5.55. The molecule has 2 saturated heterocycles. The zero-order valence-corrected chi connectivity index (χ0v) is 14.2. The Bertz CT molecular complexity index is 453. The molecule has 2 amide bonds. The molecule has 124 valence electrons. The van der Waals surface area contributed by atoms with Crippen molar-refractivity contribution in [1.82, 2.24) is 10.2 Å². The van der Waals surface area contributed by atoms with Crippen LogP contribution in [0, 0.1) is 5.92 Å². The maximum absolute atomic E-state index is 12.7. The number of amides is 2. The van der Waals surface area contributed by atoms with Crippen LogP contribution in [0.2, 0.25) is 0 Å². The van der Waals surface area contributed by atoms with E-state index in [0.717, 1.165) is 19.3 Å². The number of hydrogen-bond acceptors (Lipinski definition) is 4. The van der Waals surface area contributed by atoms with E-state index in [1.54, 1.807) is 11.8 Å². The summed E-state index contributed by atoms with van der Waals surface area (Å²) < 4.78 is 0. The van der Waals surface area contributed by atoms with Crippen LogP contribution in [-0.2, 0) is 9.59 Å². The molecule has 1 aliphatic carbocycles. The molecule has 6 heteroatoms. The topological polar surface area (TPSA) is 75.4 Å². The Morgan fingerprint density at radius 2 is 2.18 bits per heavy atom. The molecule has 0 aromatic carbocycles. The molecular formula is C16H27N3O2S. The number of carbonyl (C=O) groups is 2. The van der Waals surface area contributed by atoms with E-state index in [2.05, 4.69) is 12.2 Å². The molecule has 2 aliphatic heterocycles. The maximum Gasteiger partial charge on any atom is 0.243 e. The fraction of sp³-hybridized carbons (Fsp3) is 0.875. The summed E-state index contributed by atoms with van der Waals surface area (Å²) in [5.41, 5.74) is 5.91. The van der Waals surface area contributed by atoms with E-state index in [9.17, 15) is 9.59 Å². The minimum absolute atomic E-state index is 0.00695. The van der Waals surface area contributed by atoms with Gasteiger partial charge in [0.2, 0.25) is 11.8 Å². The van der Waals surface area contributed by atoms with Crippen molar-refractivity contribution in [3.8, 4) is 0 Å². The van der Waals surface area contributed by atoms with E-state index in [-0.39, 0.29) is 28.8 Å². The lowest BCUT2D eigenvalue weighted by Crippen LogP contribution is -2.55. The minimum atomic E-state index is -0.317. The zero-order valence-electron chi connectivity index (χ0n) is 13.3. The SMILES string of the molecule is CC12CCC(=O)N1C(C(=O)NC(CN)C1CCCCC1)CS2. The fourth-order valence-electron chi connectivity index (χ4n) is 4.20. The van der Waals surface area contributed by atoms with Crippen molar-refractivity contribution >= 4 is 23.6 Å². The van der Waals surface area contributed by atoms with Gasteiger partial charge in [0, 0.05) is 24.8 Å². The molecular weight excluding hydrogens is 298 g/mol. The van der Waals surface area contributed by atoms with Crippen LogP contribution < -0.4 is 11.1 Å². The van der Waals surface area contributed by atoms with E-state index in [4.69, 9.17) is 5.73 Å². The lowest BCUT2D eigenvalue weighted by molar-refractivity contribution is -0.138. The molecule has 1 saturated carbocycles. The lowest BCUT2D eigenvalue weighted by Gasteiger charge is -2.33. The van der Waals surface area contributed by atoms with Crippen molar-refractivity contribution in [1.29, 1.82) is 0 Å². The second kappa shape index (κ2) is 6.40. The van der Waals surface area contributed by atoms with Gasteiger partial charge < -0.3 is 16.0 Å². The Morgan fingerprint density at radius 1 is 1.45 bits per heavy atom. The Kier molecular flexibility index (Phi) is 4.69. The number of carbonyl (C=O) groups excluding carboxylic acids is 2. The third kappa shape index (κ3) is 2.87. The predicted octanol–water partition coefficient (Wildman–Crippen LogP) is 1.46. The number of rotatable bonds is 4. The maximum atomic E-state index is 12.7. The number of thioether (sulfide) groups is 1. The Hall–Kier alpha value is -0.750. The number of fused-ring (bicyclic) bond motifs is 1. The number of hydrogen-bond donors (Lipinski definition) is 2. The molecule has 5 nitrogen and oxygen atoms in total. The molecule has 3 aliphatic rings. The van der Waals surface area contributed by atoms with E-state index < -0.39 is 0 Å². The molecule has 3 N–H and O–H groups in total. The summed E-state index contributed by atoms with van der Waals surface area (Å²) in [6.45, 7) is 2.57. The van der Waals surface area contributed by atoms with Crippen molar-refractivity contribution < 1.29 is 9.59 Å². The normalized spacial score (nSPS) is 33.8. The summed E-state index contributed by atoms with van der Waals surface area (Å²) in [7, 11) is 0. The average Bonchev–Trinajstić information content (AvgIpc) is 3.02. The zero-order chi connectivity index (χ0) is 15.7. The Balaban J connectivity index is 1.64. The molecule has 22 heavy (non-hydrogen) atoms. The summed E-state index contributed by atoms with van der Waals surface area (Å²) in [5.74, 6) is 1.32. The Labute approximate surface area is 136 Å². The van der Waals surface area contributed by atoms with Gasteiger partial charge in [-0.25, -0.2) is 0 Å². The first-order valence-electron chi connectivity index (χ1n) is 8.52. The second-order valence-corrected chi connectivity index (χ2v) is 8.52. The predicted molar refractivity (Wildman–Crippen MR) is 88.3 cm³/mol. The van der Waals surface area contributed by atoms with Crippen molar-refractivity contribution in [2.24, 2.45) is 11.7 Å². The largest absolute Gasteiger partial charge is 0.350 e. The van der Waals surface area contributed by atoms with Crippen LogP contribution in [0.5, 0.6) is 0 Å². The number of nitrogens with two attached hydrogens (primary N) is 1. The van der Waals surface area contributed by atoms with Crippen molar-refractivity contribution in [3.63, 3.8) is 0 Å². The van der Waals surface area contributed by atoms with Gasteiger partial charge in [-0.3, -0.25) is 9.59 Å². The van der Waals surface area contributed by atoms with Gasteiger partial charge in [0.1, 0.15) is 6.04 Å². The molecule has 0 aromatic rings. The van der Waals surface area contributed by atoms with Gasteiger partial charge in [0.25, 0.3) is 0 Å². The molecule has 0 bridgehead atoms. The van der Waals surface area contributed by atoms with Gasteiger partial charge in [-0.1, -0.05) is 19.3 Å². The van der Waals surface area contributed by atoms with Crippen LogP contribution in [-0.4, -0.2) is 46.0 Å². The highest BCUT2D eigenvalue weighted by molar-refractivity contribution is 8.01. The molecule has 0 aromatic heterocycles. The van der Waals surface area contributed by atoms with Gasteiger partial charge in [-0.2, -0.15) is 0 Å². The van der Waals surface area contributed by atoms with Crippen LogP contribution in [0.4, 0.5) is 0 Å². The summed E-state index contributed by atoms with van der Waals surface area (Å²) in [5, 5.41) is 3.16. The number of nitrogens with zero attached hydrogens (tertiary/aromatic N) is 1. The van der Waals surface area contributed by atoms with Crippen molar-refractivity contribution in [2.75, 3.05) is 12.3 Å². The quantitative estimate of drug-likeness (QED) is 0.820. The van der Waals surface area contributed by atoms with Gasteiger partial charge in [0.15, 0.2) is 0 Å². The summed E-state index contributed by atoms with van der Waals surface area (Å²) in [6.07, 6.45) is 7.49. The van der Waals surface area contributed by atoms with E-state index in [1.165, 1.54) is 19.3 Å². The van der Waals surface area contributed by atoms with Crippen LogP contribution in [0.3, 0.4) is 0 Å². The van der Waals surface area contributed by atoms with Crippen LogP contribution in [0.15, 0.2) is 0 Å². The van der Waals surface area contributed by atoms with Crippen molar-refractivity contribution in [3.05, 3.63) is 0 Å². The molecule has 2 heterocycles. The highest BCUT2D eigenvalue weighted by atomic mass is 32.2. The van der Waals surface area contributed by atoms with Crippen LogP contribution in [0.1, 0.15) is 51.9 Å². The minimum Gasteiger partial charge on any atom is -0.350 e. The van der Waals surface area contributed by atoms with Gasteiger partial charge in [-0.05, 0) is 32.1 Å². The number of nitrogens with one attached hydrogen (secondary N) is 1. The molecule has 3 rings (SSSR count). The van der Waals surface area contributed by atoms with Crippen LogP contribution >= 0.6 is 11.8 Å². The van der Waals surface area contributed by atoms with E-state index in [1.807, 2.05) is 4.90 Å². The monoisotopic (exact) mass is 325 g/mol. The van der Waals surface area contributed by atoms with E-state index in [0.29, 0.717) is 24.6 Å². The first-order chi connectivity index (χ1) is 10.5. The van der Waals surface area contributed by atoms with Gasteiger partial charge >= 0.3 is 0 Å². The fourth-order valence-corrected chi connectivity index (χ4v) is 5.63. The second-order valence-electron chi connectivity index (χ2n) is 7.01.